The fourth-order valence-corrected chi connectivity index (χ4v) is 0. The molecular weight excluding hydrogens is 216 g/mol. The molecule has 6 nitrogen and oxygen atoms in total. The lowest BCUT2D eigenvalue weighted by atomic mass is 10.7. The molecule has 3 N–H and O–H groups in total. The SMILES string of the molecule is C.C=CC(=O)O.C=CC(=O)O.C=CC(=O)O. The van der Waals surface area contributed by atoms with Gasteiger partial charge in [0.25, 0.3) is 0 Å². The van der Waals surface area contributed by atoms with E-state index in [1.54, 1.807) is 0 Å². The average molecular weight is 232 g/mol. The van der Waals surface area contributed by atoms with Crippen molar-refractivity contribution in [2.75, 3.05) is 0 Å². The van der Waals surface area contributed by atoms with E-state index in [1.165, 1.54) is 0 Å². The minimum atomic E-state index is -0.981. The van der Waals surface area contributed by atoms with Crippen LogP contribution in [0.15, 0.2) is 38.0 Å². The highest BCUT2D eigenvalue weighted by Crippen LogP contribution is 1.55. The Labute approximate surface area is 93.8 Å². The Bertz CT molecular complexity index is 211. The largest absolute Gasteiger partial charge is 0.478 e. The predicted octanol–water partition coefficient (Wildman–Crippen LogP) is 1.41. The summed E-state index contributed by atoms with van der Waals surface area (Å²) in [5.41, 5.74) is 0. The molecule has 0 amide bonds. The summed E-state index contributed by atoms with van der Waals surface area (Å²) in [4.78, 5) is 27.8. The first-order valence-corrected chi connectivity index (χ1v) is 3.37. The van der Waals surface area contributed by atoms with E-state index < -0.39 is 17.9 Å². The summed E-state index contributed by atoms with van der Waals surface area (Å²) in [6.45, 7) is 8.88. The van der Waals surface area contributed by atoms with Gasteiger partial charge in [-0.15, -0.1) is 0 Å². The van der Waals surface area contributed by atoms with Gasteiger partial charge in [0, 0.05) is 18.2 Å². The Hall–Kier alpha value is -2.37. The van der Waals surface area contributed by atoms with Crippen LogP contribution in [0.4, 0.5) is 0 Å². The Balaban J connectivity index is -0.0000000655. The molecule has 0 bridgehead atoms. The molecule has 0 atom stereocenters. The third-order valence-electron chi connectivity index (χ3n) is 0.524. The lowest BCUT2D eigenvalue weighted by Crippen LogP contribution is -1.82. The highest BCUT2D eigenvalue weighted by Gasteiger charge is 1.74. The van der Waals surface area contributed by atoms with Crippen LogP contribution >= 0.6 is 0 Å². The summed E-state index contributed by atoms with van der Waals surface area (Å²) in [5, 5.41) is 22.8. The Kier molecular flexibility index (Phi) is 27.0. The normalized spacial score (nSPS) is 6.00. The third kappa shape index (κ3) is 99.7. The Morgan fingerprint density at radius 2 is 0.750 bits per heavy atom. The molecule has 0 aliphatic heterocycles. The van der Waals surface area contributed by atoms with Crippen molar-refractivity contribution in [3.05, 3.63) is 38.0 Å². The molecule has 0 aromatic carbocycles. The van der Waals surface area contributed by atoms with E-state index in [0.29, 0.717) is 0 Å². The highest BCUT2D eigenvalue weighted by molar-refractivity contribution is 5.79. The van der Waals surface area contributed by atoms with Crippen molar-refractivity contribution >= 4 is 17.9 Å². The van der Waals surface area contributed by atoms with Crippen molar-refractivity contribution in [3.8, 4) is 0 Å². The topological polar surface area (TPSA) is 112 Å². The quantitative estimate of drug-likeness (QED) is 0.634. The van der Waals surface area contributed by atoms with Crippen LogP contribution in [-0.2, 0) is 14.4 Å². The summed E-state index contributed by atoms with van der Waals surface area (Å²) in [6.07, 6.45) is 2.50. The number of rotatable bonds is 3. The molecular formula is C10H16O6. The molecule has 0 saturated heterocycles. The summed E-state index contributed by atoms with van der Waals surface area (Å²) in [5.74, 6) is -2.94. The molecule has 0 heterocycles. The number of aliphatic carboxylic acids is 3. The van der Waals surface area contributed by atoms with Gasteiger partial charge in [-0.25, -0.2) is 14.4 Å². The molecule has 0 aliphatic rings. The maximum Gasteiger partial charge on any atom is 0.327 e. The van der Waals surface area contributed by atoms with Gasteiger partial charge in [0.15, 0.2) is 0 Å². The van der Waals surface area contributed by atoms with Crippen molar-refractivity contribution in [2.24, 2.45) is 0 Å². The standard InChI is InChI=1S/3C3H4O2.CH4/c3*1-2-3(4)5;/h3*2H,1H2,(H,4,5);1H4. The van der Waals surface area contributed by atoms with E-state index in [9.17, 15) is 14.4 Å². The number of carboxylic acid groups (broad SMARTS) is 3. The molecule has 0 unspecified atom stereocenters. The second kappa shape index (κ2) is 18.4. The van der Waals surface area contributed by atoms with Gasteiger partial charge in [-0.1, -0.05) is 27.2 Å². The van der Waals surface area contributed by atoms with E-state index in [-0.39, 0.29) is 7.43 Å². The minimum absolute atomic E-state index is 0. The van der Waals surface area contributed by atoms with E-state index in [1.807, 2.05) is 0 Å². The number of hydrogen-bond acceptors (Lipinski definition) is 3. The van der Waals surface area contributed by atoms with Crippen LogP contribution in [0.3, 0.4) is 0 Å². The molecule has 0 saturated carbocycles. The lowest BCUT2D eigenvalue weighted by molar-refractivity contribution is -0.132. The van der Waals surface area contributed by atoms with Gasteiger partial charge in [0.05, 0.1) is 0 Å². The predicted molar refractivity (Wildman–Crippen MR) is 60.2 cm³/mol. The highest BCUT2D eigenvalue weighted by atomic mass is 16.4. The van der Waals surface area contributed by atoms with Crippen LogP contribution in [0, 0.1) is 0 Å². The second-order valence-corrected chi connectivity index (χ2v) is 1.63. The minimum Gasteiger partial charge on any atom is -0.478 e. The summed E-state index contributed by atoms with van der Waals surface area (Å²) in [7, 11) is 0. The average Bonchev–Trinajstić information content (AvgIpc) is 2.19. The molecule has 16 heavy (non-hydrogen) atoms. The fourth-order valence-electron chi connectivity index (χ4n) is 0. The fraction of sp³-hybridized carbons (Fsp3) is 0.100. The van der Waals surface area contributed by atoms with Crippen molar-refractivity contribution < 1.29 is 29.7 Å². The number of hydrogen-bond donors (Lipinski definition) is 3. The molecule has 0 rings (SSSR count). The van der Waals surface area contributed by atoms with Crippen LogP contribution in [0.5, 0.6) is 0 Å². The van der Waals surface area contributed by atoms with Crippen molar-refractivity contribution in [3.63, 3.8) is 0 Å². The van der Waals surface area contributed by atoms with E-state index in [0.717, 1.165) is 18.2 Å². The number of carbonyl (C=O) groups is 3. The lowest BCUT2D eigenvalue weighted by Gasteiger charge is -1.64. The molecule has 0 aromatic heterocycles. The molecule has 0 aliphatic carbocycles. The molecule has 92 valence electrons. The van der Waals surface area contributed by atoms with Gasteiger partial charge in [0.1, 0.15) is 0 Å². The molecule has 6 heteroatoms. The van der Waals surface area contributed by atoms with Crippen LogP contribution in [-0.4, -0.2) is 33.2 Å². The Morgan fingerprint density at radius 3 is 0.750 bits per heavy atom. The summed E-state index contributed by atoms with van der Waals surface area (Å²) < 4.78 is 0. The van der Waals surface area contributed by atoms with Gasteiger partial charge in [-0.05, 0) is 0 Å². The molecule has 0 fully saturated rings. The van der Waals surface area contributed by atoms with E-state index >= 15 is 0 Å². The Morgan fingerprint density at radius 1 is 0.688 bits per heavy atom. The van der Waals surface area contributed by atoms with Gasteiger partial charge in [0.2, 0.25) is 0 Å². The smallest absolute Gasteiger partial charge is 0.327 e. The van der Waals surface area contributed by atoms with Crippen molar-refractivity contribution in [2.45, 2.75) is 7.43 Å². The maximum absolute atomic E-state index is 9.25. The third-order valence-corrected chi connectivity index (χ3v) is 0.524. The number of carboxylic acids is 3. The van der Waals surface area contributed by atoms with Crippen LogP contribution in [0.25, 0.3) is 0 Å². The second-order valence-electron chi connectivity index (χ2n) is 1.63. The zero-order valence-electron chi connectivity index (χ0n) is 7.92. The van der Waals surface area contributed by atoms with E-state index in [2.05, 4.69) is 19.7 Å². The van der Waals surface area contributed by atoms with Gasteiger partial charge >= 0.3 is 17.9 Å². The molecule has 0 aromatic rings. The first kappa shape index (κ1) is 23.4. The summed E-state index contributed by atoms with van der Waals surface area (Å²) in [6, 6.07) is 0. The zero-order valence-corrected chi connectivity index (χ0v) is 7.92. The van der Waals surface area contributed by atoms with Crippen molar-refractivity contribution in [1.82, 2.24) is 0 Å². The van der Waals surface area contributed by atoms with Gasteiger partial charge in [-0.2, -0.15) is 0 Å². The summed E-state index contributed by atoms with van der Waals surface area (Å²) >= 11 is 0. The van der Waals surface area contributed by atoms with Crippen molar-refractivity contribution in [1.29, 1.82) is 0 Å². The first-order valence-electron chi connectivity index (χ1n) is 3.37. The van der Waals surface area contributed by atoms with Crippen LogP contribution < -0.4 is 0 Å². The first-order chi connectivity index (χ1) is 6.81. The van der Waals surface area contributed by atoms with Gasteiger partial charge < -0.3 is 15.3 Å². The van der Waals surface area contributed by atoms with Gasteiger partial charge in [-0.3, -0.25) is 0 Å². The van der Waals surface area contributed by atoms with Crippen LogP contribution in [0.2, 0.25) is 0 Å². The molecule has 0 spiro atoms. The maximum atomic E-state index is 9.25. The monoisotopic (exact) mass is 232 g/mol. The molecule has 0 radical (unpaired) electrons. The van der Waals surface area contributed by atoms with E-state index in [4.69, 9.17) is 15.3 Å². The van der Waals surface area contributed by atoms with Crippen LogP contribution in [0.1, 0.15) is 7.43 Å². The zero-order chi connectivity index (χ0) is 12.9.